The summed E-state index contributed by atoms with van der Waals surface area (Å²) in [4.78, 5) is 11.6. The lowest BCUT2D eigenvalue weighted by Crippen LogP contribution is -2.31. The van der Waals surface area contributed by atoms with E-state index in [1.807, 2.05) is 30.6 Å². The molecule has 0 saturated heterocycles. The second kappa shape index (κ2) is 4.68. The number of para-hydroxylation sites is 1. The zero-order chi connectivity index (χ0) is 15.2. The van der Waals surface area contributed by atoms with Crippen LogP contribution in [0, 0.1) is 0 Å². The number of anilines is 1. The Kier molecular flexibility index (Phi) is 2.52. The number of hydrogen-bond acceptors (Lipinski definition) is 4. The molecule has 0 aliphatic carbocycles. The summed E-state index contributed by atoms with van der Waals surface area (Å²) >= 11 is 0. The fraction of sp³-hybridized carbons (Fsp3) is 0.0526. The van der Waals surface area contributed by atoms with Gasteiger partial charge in [-0.15, -0.1) is 0 Å². The topological polar surface area (TPSA) is 37.7 Å². The summed E-state index contributed by atoms with van der Waals surface area (Å²) in [5.74, 6) is 0.884. The lowest BCUT2D eigenvalue weighted by molar-refractivity contribution is 0.174. The van der Waals surface area contributed by atoms with Gasteiger partial charge in [-0.2, -0.15) is 0 Å². The first kappa shape index (κ1) is 12.4. The highest BCUT2D eigenvalue weighted by Gasteiger charge is 2.31. The van der Waals surface area contributed by atoms with E-state index in [0.29, 0.717) is 6.73 Å². The molecule has 0 spiro atoms. The third-order valence-electron chi connectivity index (χ3n) is 4.35. The van der Waals surface area contributed by atoms with E-state index in [2.05, 4.69) is 51.4 Å². The van der Waals surface area contributed by atoms with Crippen molar-refractivity contribution in [3.63, 3.8) is 0 Å². The third-order valence-corrected chi connectivity index (χ3v) is 4.35. The van der Waals surface area contributed by atoms with E-state index in [9.17, 15) is 0 Å². The van der Waals surface area contributed by atoms with Gasteiger partial charge in [0.25, 0.3) is 0 Å². The first-order valence-corrected chi connectivity index (χ1v) is 7.53. The predicted molar refractivity (Wildman–Crippen MR) is 90.1 cm³/mol. The Balaban J connectivity index is 1.76. The van der Waals surface area contributed by atoms with Gasteiger partial charge in [0.2, 0.25) is 0 Å². The first-order chi connectivity index (χ1) is 11.4. The highest BCUT2D eigenvalue weighted by Crippen LogP contribution is 2.41. The number of hydrogen-bond donors (Lipinski definition) is 0. The van der Waals surface area contributed by atoms with Crippen molar-refractivity contribution >= 4 is 11.5 Å². The van der Waals surface area contributed by atoms with Gasteiger partial charge in [-0.1, -0.05) is 35.5 Å². The fourth-order valence-corrected chi connectivity index (χ4v) is 3.26. The third kappa shape index (κ3) is 1.78. The predicted octanol–water partition coefficient (Wildman–Crippen LogP) is 3.88. The van der Waals surface area contributed by atoms with Crippen LogP contribution in [-0.2, 0) is 4.84 Å². The molecule has 0 amide bonds. The molecule has 2 aromatic carbocycles. The molecule has 5 rings (SSSR count). The van der Waals surface area contributed by atoms with E-state index in [0.717, 1.165) is 28.2 Å². The Labute approximate surface area is 133 Å². The number of rotatable bonds is 1. The SMILES string of the molecule is c1ccc2c(c1)-c1ccc(-c3ccncc3)cc1C1=NOCN12. The first-order valence-electron chi connectivity index (χ1n) is 7.53. The molecule has 0 fully saturated rings. The van der Waals surface area contributed by atoms with E-state index < -0.39 is 0 Å². The Morgan fingerprint density at radius 3 is 2.61 bits per heavy atom. The number of fused-ring (bicyclic) bond motifs is 6. The number of oxime groups is 1. The van der Waals surface area contributed by atoms with E-state index in [4.69, 9.17) is 4.84 Å². The highest BCUT2D eigenvalue weighted by atomic mass is 16.7. The lowest BCUT2D eigenvalue weighted by atomic mass is 9.90. The molecule has 2 aliphatic rings. The molecule has 110 valence electrons. The Hall–Kier alpha value is -3.14. The molecule has 0 bridgehead atoms. The van der Waals surface area contributed by atoms with Gasteiger partial charge in [0, 0.05) is 23.5 Å². The van der Waals surface area contributed by atoms with E-state index in [1.54, 1.807) is 0 Å². The van der Waals surface area contributed by atoms with Crippen molar-refractivity contribution in [2.24, 2.45) is 5.16 Å². The number of benzene rings is 2. The maximum Gasteiger partial charge on any atom is 0.195 e. The van der Waals surface area contributed by atoms with Gasteiger partial charge in [0.1, 0.15) is 0 Å². The van der Waals surface area contributed by atoms with Crippen molar-refractivity contribution in [1.29, 1.82) is 0 Å². The average molecular weight is 299 g/mol. The molecular formula is C19H13N3O. The van der Waals surface area contributed by atoms with Crippen molar-refractivity contribution in [3.05, 3.63) is 72.6 Å². The highest BCUT2D eigenvalue weighted by molar-refractivity contribution is 6.19. The summed E-state index contributed by atoms with van der Waals surface area (Å²) in [5, 5.41) is 4.26. The molecule has 23 heavy (non-hydrogen) atoms. The van der Waals surface area contributed by atoms with Crippen LogP contribution in [0.1, 0.15) is 5.56 Å². The quantitative estimate of drug-likeness (QED) is 0.684. The van der Waals surface area contributed by atoms with E-state index >= 15 is 0 Å². The summed E-state index contributed by atoms with van der Waals surface area (Å²) in [5.41, 5.74) is 6.96. The molecule has 2 aliphatic heterocycles. The van der Waals surface area contributed by atoms with Crippen LogP contribution < -0.4 is 4.90 Å². The summed E-state index contributed by atoms with van der Waals surface area (Å²) < 4.78 is 0. The minimum Gasteiger partial charge on any atom is -0.371 e. The standard InChI is InChI=1S/C19H13N3O/c1-2-4-18-16(3-1)15-6-5-14(13-7-9-20-10-8-13)11-17(15)19-21-23-12-22(18)19/h1-11H,12H2. The summed E-state index contributed by atoms with van der Waals surface area (Å²) in [7, 11) is 0. The van der Waals surface area contributed by atoms with Gasteiger partial charge in [-0.25, -0.2) is 0 Å². The number of pyridine rings is 1. The second-order valence-corrected chi connectivity index (χ2v) is 5.61. The van der Waals surface area contributed by atoms with Gasteiger partial charge in [0.05, 0.1) is 5.69 Å². The molecular weight excluding hydrogens is 286 g/mol. The minimum atomic E-state index is 0.464. The number of amidine groups is 1. The van der Waals surface area contributed by atoms with Crippen LogP contribution >= 0.6 is 0 Å². The van der Waals surface area contributed by atoms with E-state index in [-0.39, 0.29) is 0 Å². The Morgan fingerprint density at radius 2 is 1.70 bits per heavy atom. The molecule has 1 aromatic heterocycles. The van der Waals surface area contributed by atoms with Gasteiger partial charge in [-0.3, -0.25) is 9.88 Å². The maximum atomic E-state index is 5.35. The molecule has 0 radical (unpaired) electrons. The van der Waals surface area contributed by atoms with Crippen LogP contribution in [0.15, 0.2) is 72.1 Å². The normalized spacial score (nSPS) is 14.4. The van der Waals surface area contributed by atoms with Crippen LogP contribution in [0.2, 0.25) is 0 Å². The monoisotopic (exact) mass is 299 g/mol. The number of aromatic nitrogens is 1. The molecule has 0 unspecified atom stereocenters. The summed E-state index contributed by atoms with van der Waals surface area (Å²) in [6, 6.07) is 18.9. The largest absolute Gasteiger partial charge is 0.371 e. The number of nitrogens with zero attached hydrogens (tertiary/aromatic N) is 3. The van der Waals surface area contributed by atoms with Gasteiger partial charge < -0.3 is 4.84 Å². The van der Waals surface area contributed by atoms with E-state index in [1.165, 1.54) is 11.1 Å². The smallest absolute Gasteiger partial charge is 0.195 e. The second-order valence-electron chi connectivity index (χ2n) is 5.61. The molecule has 4 nitrogen and oxygen atoms in total. The van der Waals surface area contributed by atoms with Crippen molar-refractivity contribution < 1.29 is 4.84 Å². The van der Waals surface area contributed by atoms with Crippen molar-refractivity contribution in [2.45, 2.75) is 0 Å². The van der Waals surface area contributed by atoms with Gasteiger partial charge in [-0.05, 0) is 41.0 Å². The fourth-order valence-electron chi connectivity index (χ4n) is 3.26. The Bertz CT molecular complexity index is 934. The molecule has 3 heterocycles. The average Bonchev–Trinajstić information content (AvgIpc) is 3.12. The maximum absolute atomic E-state index is 5.35. The zero-order valence-corrected chi connectivity index (χ0v) is 12.3. The van der Waals surface area contributed by atoms with Crippen LogP contribution in [0.3, 0.4) is 0 Å². The Morgan fingerprint density at radius 1 is 0.826 bits per heavy atom. The van der Waals surface area contributed by atoms with Gasteiger partial charge in [0.15, 0.2) is 12.6 Å². The van der Waals surface area contributed by atoms with Crippen LogP contribution in [-0.4, -0.2) is 17.6 Å². The lowest BCUT2D eigenvalue weighted by Gasteiger charge is -2.28. The van der Waals surface area contributed by atoms with Crippen LogP contribution in [0.25, 0.3) is 22.3 Å². The van der Waals surface area contributed by atoms with Gasteiger partial charge >= 0.3 is 0 Å². The molecule has 3 aromatic rings. The van der Waals surface area contributed by atoms with Crippen molar-refractivity contribution in [2.75, 3.05) is 11.6 Å². The van der Waals surface area contributed by atoms with Crippen molar-refractivity contribution in [1.82, 2.24) is 4.98 Å². The molecule has 4 heteroatoms. The van der Waals surface area contributed by atoms with Crippen LogP contribution in [0.4, 0.5) is 5.69 Å². The summed E-state index contributed by atoms with van der Waals surface area (Å²) in [6.45, 7) is 0.464. The summed E-state index contributed by atoms with van der Waals surface area (Å²) in [6.07, 6.45) is 3.62. The molecule has 0 atom stereocenters. The minimum absolute atomic E-state index is 0.464. The zero-order valence-electron chi connectivity index (χ0n) is 12.3. The van der Waals surface area contributed by atoms with Crippen molar-refractivity contribution in [3.8, 4) is 22.3 Å². The van der Waals surface area contributed by atoms with Crippen LogP contribution in [0.5, 0.6) is 0 Å². The molecule has 0 N–H and O–H groups in total. The molecule has 0 saturated carbocycles.